The first-order valence-electron chi connectivity index (χ1n) is 8.06. The van der Waals surface area contributed by atoms with E-state index in [4.69, 9.17) is 0 Å². The second-order valence-electron chi connectivity index (χ2n) is 6.07. The number of nitrogens with zero attached hydrogens (tertiary/aromatic N) is 3. The lowest BCUT2D eigenvalue weighted by molar-refractivity contribution is 0.0695. The SMILES string of the molecule is Cc1nn(C2CCCNCC2)cc1Cc1cnccc1C(=O)O. The van der Waals surface area contributed by atoms with Crippen LogP contribution in [0, 0.1) is 6.92 Å². The number of hydrogen-bond donors (Lipinski definition) is 2. The number of aromatic nitrogens is 3. The number of carboxylic acids is 1. The third kappa shape index (κ3) is 3.59. The summed E-state index contributed by atoms with van der Waals surface area (Å²) in [7, 11) is 0. The molecule has 122 valence electrons. The Morgan fingerprint density at radius 3 is 3.09 bits per heavy atom. The summed E-state index contributed by atoms with van der Waals surface area (Å²) in [4.78, 5) is 15.4. The molecule has 1 aliphatic heterocycles. The summed E-state index contributed by atoms with van der Waals surface area (Å²) in [6.45, 7) is 4.07. The van der Waals surface area contributed by atoms with E-state index in [1.807, 2.05) is 6.92 Å². The molecule has 1 fully saturated rings. The Morgan fingerprint density at radius 1 is 1.39 bits per heavy atom. The summed E-state index contributed by atoms with van der Waals surface area (Å²) in [5.41, 5.74) is 3.07. The molecule has 2 N–H and O–H groups in total. The van der Waals surface area contributed by atoms with Gasteiger partial charge in [0.15, 0.2) is 0 Å². The molecule has 2 aromatic heterocycles. The number of carbonyl (C=O) groups is 1. The average molecular weight is 314 g/mol. The van der Waals surface area contributed by atoms with Crippen LogP contribution in [0.3, 0.4) is 0 Å². The molecule has 6 heteroatoms. The maximum atomic E-state index is 11.3. The fourth-order valence-corrected chi connectivity index (χ4v) is 3.13. The van der Waals surface area contributed by atoms with Gasteiger partial charge in [0.25, 0.3) is 0 Å². The minimum absolute atomic E-state index is 0.311. The molecule has 1 aliphatic rings. The molecular formula is C17H22N4O2. The number of hydrogen-bond acceptors (Lipinski definition) is 4. The second kappa shape index (κ2) is 6.91. The molecular weight excluding hydrogens is 292 g/mol. The Balaban J connectivity index is 1.83. The highest BCUT2D eigenvalue weighted by atomic mass is 16.4. The number of nitrogens with one attached hydrogen (secondary N) is 1. The Kier molecular flexibility index (Phi) is 4.71. The highest BCUT2D eigenvalue weighted by Gasteiger charge is 2.18. The van der Waals surface area contributed by atoms with Crippen molar-refractivity contribution in [2.45, 2.75) is 38.6 Å². The van der Waals surface area contributed by atoms with Crippen molar-refractivity contribution in [3.63, 3.8) is 0 Å². The monoisotopic (exact) mass is 314 g/mol. The van der Waals surface area contributed by atoms with Crippen molar-refractivity contribution in [1.29, 1.82) is 0 Å². The quantitative estimate of drug-likeness (QED) is 0.904. The molecule has 1 unspecified atom stereocenters. The molecule has 1 atom stereocenters. The van der Waals surface area contributed by atoms with Crippen LogP contribution in [0.2, 0.25) is 0 Å². The fraction of sp³-hybridized carbons (Fsp3) is 0.471. The number of aryl methyl sites for hydroxylation is 1. The molecule has 3 heterocycles. The van der Waals surface area contributed by atoms with Gasteiger partial charge in [-0.2, -0.15) is 5.10 Å². The Morgan fingerprint density at radius 2 is 2.26 bits per heavy atom. The van der Waals surface area contributed by atoms with Gasteiger partial charge in [-0.3, -0.25) is 9.67 Å². The number of aromatic carboxylic acids is 1. The Bertz CT molecular complexity index is 688. The van der Waals surface area contributed by atoms with E-state index in [-0.39, 0.29) is 0 Å². The predicted octanol–water partition coefficient (Wildman–Crippen LogP) is 2.19. The molecule has 2 aromatic rings. The maximum absolute atomic E-state index is 11.3. The largest absolute Gasteiger partial charge is 0.478 e. The van der Waals surface area contributed by atoms with Crippen molar-refractivity contribution >= 4 is 5.97 Å². The number of rotatable bonds is 4. The number of pyridine rings is 1. The first-order chi connectivity index (χ1) is 11.1. The van der Waals surface area contributed by atoms with E-state index in [2.05, 4.69) is 26.3 Å². The van der Waals surface area contributed by atoms with Gasteiger partial charge in [0.1, 0.15) is 0 Å². The van der Waals surface area contributed by atoms with Crippen molar-refractivity contribution in [3.05, 3.63) is 47.0 Å². The second-order valence-corrected chi connectivity index (χ2v) is 6.07. The lowest BCUT2D eigenvalue weighted by atomic mass is 10.0. The van der Waals surface area contributed by atoms with Crippen LogP contribution < -0.4 is 5.32 Å². The zero-order valence-electron chi connectivity index (χ0n) is 13.3. The highest BCUT2D eigenvalue weighted by molar-refractivity contribution is 5.89. The van der Waals surface area contributed by atoms with Crippen LogP contribution in [-0.4, -0.2) is 38.9 Å². The first-order valence-corrected chi connectivity index (χ1v) is 8.06. The van der Waals surface area contributed by atoms with Gasteiger partial charge >= 0.3 is 5.97 Å². The summed E-state index contributed by atoms with van der Waals surface area (Å²) >= 11 is 0. The fourth-order valence-electron chi connectivity index (χ4n) is 3.13. The Hall–Kier alpha value is -2.21. The van der Waals surface area contributed by atoms with E-state index in [0.717, 1.165) is 49.2 Å². The highest BCUT2D eigenvalue weighted by Crippen LogP contribution is 2.22. The molecule has 0 aliphatic carbocycles. The topological polar surface area (TPSA) is 80.0 Å². The van der Waals surface area contributed by atoms with Gasteiger partial charge in [-0.25, -0.2) is 4.79 Å². The third-order valence-corrected chi connectivity index (χ3v) is 4.45. The summed E-state index contributed by atoms with van der Waals surface area (Å²) in [6.07, 6.45) is 9.13. The van der Waals surface area contributed by atoms with Crippen LogP contribution in [0.1, 0.15) is 52.5 Å². The lowest BCUT2D eigenvalue weighted by Crippen LogP contribution is -2.15. The maximum Gasteiger partial charge on any atom is 0.336 e. The van der Waals surface area contributed by atoms with Crippen LogP contribution >= 0.6 is 0 Å². The number of carboxylic acid groups (broad SMARTS) is 1. The normalized spacial score (nSPS) is 18.6. The zero-order chi connectivity index (χ0) is 16.2. The molecule has 0 saturated carbocycles. The molecule has 0 bridgehead atoms. The van der Waals surface area contributed by atoms with Crippen LogP contribution in [0.25, 0.3) is 0 Å². The molecule has 0 spiro atoms. The van der Waals surface area contributed by atoms with E-state index >= 15 is 0 Å². The van der Waals surface area contributed by atoms with Crippen LogP contribution in [0.5, 0.6) is 0 Å². The van der Waals surface area contributed by atoms with Gasteiger partial charge < -0.3 is 10.4 Å². The van der Waals surface area contributed by atoms with Crippen LogP contribution in [-0.2, 0) is 6.42 Å². The standard InChI is InChI=1S/C17H22N4O2/c1-12-14(9-13-10-19-8-5-16(13)17(22)23)11-21(20-12)15-3-2-6-18-7-4-15/h5,8,10-11,15,18H,2-4,6-7,9H2,1H3,(H,22,23). The van der Waals surface area contributed by atoms with Gasteiger partial charge in [-0.05, 0) is 56.5 Å². The Labute approximate surface area is 135 Å². The average Bonchev–Trinajstić information content (AvgIpc) is 2.76. The first kappa shape index (κ1) is 15.7. The van der Waals surface area contributed by atoms with Crippen molar-refractivity contribution in [1.82, 2.24) is 20.1 Å². The van der Waals surface area contributed by atoms with Gasteiger partial charge in [-0.15, -0.1) is 0 Å². The summed E-state index contributed by atoms with van der Waals surface area (Å²) < 4.78 is 2.06. The minimum atomic E-state index is -0.915. The molecule has 0 aromatic carbocycles. The van der Waals surface area contributed by atoms with Crippen LogP contribution in [0.15, 0.2) is 24.7 Å². The van der Waals surface area contributed by atoms with Crippen molar-refractivity contribution in [2.75, 3.05) is 13.1 Å². The molecule has 3 rings (SSSR count). The molecule has 23 heavy (non-hydrogen) atoms. The van der Waals surface area contributed by atoms with Gasteiger partial charge in [0.2, 0.25) is 0 Å². The van der Waals surface area contributed by atoms with Crippen LogP contribution in [0.4, 0.5) is 0 Å². The van der Waals surface area contributed by atoms with Crippen molar-refractivity contribution in [3.8, 4) is 0 Å². The summed E-state index contributed by atoms with van der Waals surface area (Å²) in [5.74, 6) is -0.915. The van der Waals surface area contributed by atoms with Crippen molar-refractivity contribution in [2.24, 2.45) is 0 Å². The van der Waals surface area contributed by atoms with E-state index in [9.17, 15) is 9.90 Å². The van der Waals surface area contributed by atoms with Crippen molar-refractivity contribution < 1.29 is 9.90 Å². The van der Waals surface area contributed by atoms with E-state index in [0.29, 0.717) is 18.0 Å². The van der Waals surface area contributed by atoms with E-state index in [1.165, 1.54) is 6.20 Å². The van der Waals surface area contributed by atoms with Gasteiger partial charge in [-0.1, -0.05) is 0 Å². The minimum Gasteiger partial charge on any atom is -0.478 e. The predicted molar refractivity (Wildman–Crippen MR) is 86.7 cm³/mol. The smallest absolute Gasteiger partial charge is 0.336 e. The summed E-state index contributed by atoms with van der Waals surface area (Å²) in [6, 6.07) is 1.97. The molecule has 0 amide bonds. The summed E-state index contributed by atoms with van der Waals surface area (Å²) in [5, 5.41) is 17.4. The molecule has 0 radical (unpaired) electrons. The van der Waals surface area contributed by atoms with E-state index < -0.39 is 5.97 Å². The third-order valence-electron chi connectivity index (χ3n) is 4.45. The van der Waals surface area contributed by atoms with Gasteiger partial charge in [0.05, 0.1) is 17.3 Å². The van der Waals surface area contributed by atoms with Gasteiger partial charge in [0, 0.05) is 25.0 Å². The molecule has 6 nitrogen and oxygen atoms in total. The molecule has 1 saturated heterocycles. The lowest BCUT2D eigenvalue weighted by Gasteiger charge is -2.13. The zero-order valence-corrected chi connectivity index (χ0v) is 13.3. The van der Waals surface area contributed by atoms with E-state index in [1.54, 1.807) is 12.3 Å².